The van der Waals surface area contributed by atoms with E-state index in [1.807, 2.05) is 0 Å². The molecule has 10 nitrogen and oxygen atoms in total. The average Bonchev–Trinajstić information content (AvgIpc) is 2.20. The molecular formula is C4H16N6O4Pd. The van der Waals surface area contributed by atoms with Gasteiger partial charge in [0.25, 0.3) is 0 Å². The predicted molar refractivity (Wildman–Crippen MR) is 50.2 cm³/mol. The molecule has 15 heavy (non-hydrogen) atoms. The molecule has 0 heterocycles. The van der Waals surface area contributed by atoms with Crippen LogP contribution < -0.4 is 22.9 Å². The normalized spacial score (nSPS) is 5.60. The fourth-order valence-corrected chi connectivity index (χ4v) is 0. The molecule has 11 heteroatoms. The van der Waals surface area contributed by atoms with Crippen molar-refractivity contribution in [2.24, 2.45) is 33.6 Å². The summed E-state index contributed by atoms with van der Waals surface area (Å²) >= 11 is 0. The van der Waals surface area contributed by atoms with Gasteiger partial charge in [-0.1, -0.05) is 0 Å². The Morgan fingerprint density at radius 1 is 0.933 bits per heavy atom. The Morgan fingerprint density at radius 2 is 1.00 bits per heavy atom. The van der Waals surface area contributed by atoms with Crippen molar-refractivity contribution in [3.63, 3.8) is 0 Å². The summed E-state index contributed by atoms with van der Waals surface area (Å²) in [6, 6.07) is 0. The Morgan fingerprint density at radius 3 is 1.00 bits per heavy atom. The molecule has 0 atom stereocenters. The summed E-state index contributed by atoms with van der Waals surface area (Å²) in [5.41, 5.74) is 19.2. The third-order valence-corrected chi connectivity index (χ3v) is 0.272. The van der Waals surface area contributed by atoms with Crippen LogP contribution in [0.15, 0.2) is 10.7 Å². The first-order valence-electron chi connectivity index (χ1n) is 3.06. The molecule has 0 aliphatic rings. The first-order valence-corrected chi connectivity index (χ1v) is 3.06. The molecule has 0 aliphatic carbocycles. The zero-order valence-corrected chi connectivity index (χ0v) is 9.35. The first-order chi connectivity index (χ1) is 6.66. The fraction of sp³-hybridized carbons (Fsp3) is 0.500. The largest absolute Gasteiger partial charge is 2.00 e. The number of nitrogens with two attached hydrogens (primary N) is 4. The molecular weight excluding hydrogens is 303 g/mol. The second kappa shape index (κ2) is 71.6. The molecule has 96 valence electrons. The van der Waals surface area contributed by atoms with Crippen LogP contribution in [0.5, 0.6) is 0 Å². The standard InChI is InChI=1S/2C2H7N2.2HNO2.Pd/c2*3-1-2-4;2*2-1-3;/h2*1H,2-4H2;2*(H,2,3);/q2*-1;;;+2. The van der Waals surface area contributed by atoms with Gasteiger partial charge in [0.15, 0.2) is 10.7 Å². The van der Waals surface area contributed by atoms with E-state index < -0.39 is 0 Å². The molecule has 0 aromatic carbocycles. The van der Waals surface area contributed by atoms with Crippen molar-refractivity contribution < 1.29 is 30.8 Å². The quantitative estimate of drug-likeness (QED) is 0.151. The van der Waals surface area contributed by atoms with Crippen LogP contribution in [0.4, 0.5) is 0 Å². The topological polar surface area (TPSA) is 203 Å². The van der Waals surface area contributed by atoms with Gasteiger partial charge in [0.2, 0.25) is 0 Å². The molecule has 0 bridgehead atoms. The van der Waals surface area contributed by atoms with Crippen molar-refractivity contribution in [3.05, 3.63) is 22.9 Å². The van der Waals surface area contributed by atoms with Gasteiger partial charge in [-0.15, -0.1) is 22.9 Å². The number of nitrogens with zero attached hydrogens (tertiary/aromatic N) is 2. The smallest absolute Gasteiger partial charge is 0.482 e. The molecule has 0 aromatic heterocycles. The Kier molecular flexibility index (Phi) is 140. The maximum Gasteiger partial charge on any atom is 2.00 e. The van der Waals surface area contributed by atoms with E-state index in [4.69, 9.17) is 43.2 Å². The number of hydrogen-bond acceptors (Lipinski definition) is 8. The third kappa shape index (κ3) is 1000. The first kappa shape index (κ1) is 29.2. The third-order valence-electron chi connectivity index (χ3n) is 0.272. The second-order valence-corrected chi connectivity index (χ2v) is 1.11. The van der Waals surface area contributed by atoms with E-state index >= 15 is 0 Å². The van der Waals surface area contributed by atoms with E-state index in [1.165, 1.54) is 23.8 Å². The van der Waals surface area contributed by atoms with Gasteiger partial charge in [0.05, 0.1) is 0 Å². The van der Waals surface area contributed by atoms with Crippen LogP contribution in [-0.4, -0.2) is 23.5 Å². The van der Waals surface area contributed by atoms with E-state index in [0.29, 0.717) is 13.1 Å². The summed E-state index contributed by atoms with van der Waals surface area (Å²) in [5, 5.41) is 15.8. The summed E-state index contributed by atoms with van der Waals surface area (Å²) in [4.78, 5) is 16.2. The predicted octanol–water partition coefficient (Wildman–Crippen LogP) is -1.59. The van der Waals surface area contributed by atoms with Gasteiger partial charge in [0, 0.05) is 0 Å². The van der Waals surface area contributed by atoms with Gasteiger partial charge in [0.1, 0.15) is 0 Å². The molecule has 0 unspecified atom stereocenters. The molecule has 0 aromatic rings. The zero-order chi connectivity index (χ0) is 12.2. The van der Waals surface area contributed by atoms with Crippen molar-refractivity contribution in [2.45, 2.75) is 0 Å². The maximum atomic E-state index is 8.11. The minimum atomic E-state index is 0. The van der Waals surface area contributed by atoms with Crippen LogP contribution in [0.3, 0.4) is 0 Å². The molecule has 0 radical (unpaired) electrons. The maximum absolute atomic E-state index is 8.11. The van der Waals surface area contributed by atoms with Crippen molar-refractivity contribution in [1.29, 1.82) is 0 Å². The molecule has 0 saturated heterocycles. The van der Waals surface area contributed by atoms with Crippen molar-refractivity contribution in [3.8, 4) is 0 Å². The van der Waals surface area contributed by atoms with Crippen LogP contribution in [0.2, 0.25) is 0 Å². The van der Waals surface area contributed by atoms with Gasteiger partial charge in [-0.25, -0.2) is 0 Å². The fourth-order valence-electron chi connectivity index (χ4n) is 0. The molecule has 0 spiro atoms. The van der Waals surface area contributed by atoms with Gasteiger partial charge in [-0.3, -0.25) is 13.1 Å². The second-order valence-electron chi connectivity index (χ2n) is 1.11. The molecule has 0 saturated carbocycles. The van der Waals surface area contributed by atoms with Crippen LogP contribution in [-0.2, 0) is 20.4 Å². The summed E-state index contributed by atoms with van der Waals surface area (Å²) in [7, 11) is 0. The zero-order valence-electron chi connectivity index (χ0n) is 7.80. The van der Waals surface area contributed by atoms with Crippen LogP contribution in [0, 0.1) is 22.9 Å². The van der Waals surface area contributed by atoms with Gasteiger partial charge >= 0.3 is 20.4 Å². The van der Waals surface area contributed by atoms with Crippen molar-refractivity contribution in [2.75, 3.05) is 13.1 Å². The van der Waals surface area contributed by atoms with Crippen molar-refractivity contribution in [1.82, 2.24) is 0 Å². The van der Waals surface area contributed by atoms with E-state index in [2.05, 4.69) is 0 Å². The molecule has 0 rings (SSSR count). The molecule has 0 aliphatic heterocycles. The van der Waals surface area contributed by atoms with Crippen LogP contribution >= 0.6 is 0 Å². The van der Waals surface area contributed by atoms with E-state index in [1.54, 1.807) is 0 Å². The Labute approximate surface area is 101 Å². The van der Waals surface area contributed by atoms with Gasteiger partial charge in [-0.2, -0.15) is 0 Å². The summed E-state index contributed by atoms with van der Waals surface area (Å²) in [6.07, 6.45) is 0. The van der Waals surface area contributed by atoms with Gasteiger partial charge in [-0.05, 0) is 0 Å². The Balaban J connectivity index is -0.0000000293. The van der Waals surface area contributed by atoms with Crippen LogP contribution in [0.25, 0.3) is 0 Å². The molecule has 10 N–H and O–H groups in total. The Hall–Kier alpha value is -0.698. The van der Waals surface area contributed by atoms with E-state index in [9.17, 15) is 0 Å². The van der Waals surface area contributed by atoms with E-state index in [-0.39, 0.29) is 20.4 Å². The minimum Gasteiger partial charge on any atom is -0.482 e. The summed E-state index contributed by atoms with van der Waals surface area (Å²) in [5.74, 6) is 0. The minimum absolute atomic E-state index is 0. The Bertz CT molecular complexity index is 75.5. The van der Waals surface area contributed by atoms with Crippen LogP contribution in [0.1, 0.15) is 0 Å². The monoisotopic (exact) mass is 318 g/mol. The summed E-state index contributed by atoms with van der Waals surface area (Å²) in [6.45, 7) is 3.75. The average molecular weight is 319 g/mol. The molecule has 0 amide bonds. The summed E-state index contributed by atoms with van der Waals surface area (Å²) < 4.78 is 0. The van der Waals surface area contributed by atoms with Gasteiger partial charge < -0.3 is 33.3 Å². The molecule has 0 fully saturated rings. The SMILES string of the molecule is N[CH-]CN.N[CH-]CN.O=NO.O=NO.[Pd+2]. The van der Waals surface area contributed by atoms with E-state index in [0.717, 1.165) is 0 Å². The van der Waals surface area contributed by atoms with Crippen molar-refractivity contribution >= 4 is 0 Å². The number of rotatable bonds is 2. The number of hydrogen-bond donors (Lipinski definition) is 6.